The molecule has 3 heteroatoms. The molecule has 0 aliphatic heterocycles. The van der Waals surface area contributed by atoms with Gasteiger partial charge in [-0.1, -0.05) is 24.3 Å². The van der Waals surface area contributed by atoms with Crippen molar-refractivity contribution < 1.29 is 5.11 Å². The van der Waals surface area contributed by atoms with Crippen LogP contribution in [-0.2, 0) is 19.4 Å². The van der Waals surface area contributed by atoms with E-state index in [0.29, 0.717) is 12.3 Å². The Kier molecular flexibility index (Phi) is 2.92. The van der Waals surface area contributed by atoms with Gasteiger partial charge in [-0.2, -0.15) is 5.10 Å². The molecule has 1 aliphatic carbocycles. The van der Waals surface area contributed by atoms with E-state index < -0.39 is 0 Å². The third-order valence-electron chi connectivity index (χ3n) is 3.81. The zero-order chi connectivity index (χ0) is 12.5. The van der Waals surface area contributed by atoms with Gasteiger partial charge in [-0.15, -0.1) is 0 Å². The van der Waals surface area contributed by atoms with Crippen LogP contribution < -0.4 is 0 Å². The summed E-state index contributed by atoms with van der Waals surface area (Å²) in [7, 11) is 0. The molecule has 0 radical (unpaired) electrons. The molecule has 3 rings (SSSR count). The maximum atomic E-state index is 10.3. The van der Waals surface area contributed by atoms with Gasteiger partial charge in [-0.25, -0.2) is 0 Å². The van der Waals surface area contributed by atoms with Crippen molar-refractivity contribution in [2.45, 2.75) is 38.3 Å². The van der Waals surface area contributed by atoms with Crippen molar-refractivity contribution in [3.8, 4) is 0 Å². The Morgan fingerprint density at radius 3 is 3.00 bits per heavy atom. The fourth-order valence-corrected chi connectivity index (χ4v) is 2.71. The van der Waals surface area contributed by atoms with Gasteiger partial charge in [0.05, 0.1) is 12.3 Å². The highest BCUT2D eigenvalue weighted by atomic mass is 16.3. The molecular weight excluding hydrogens is 224 g/mol. The van der Waals surface area contributed by atoms with E-state index in [1.165, 1.54) is 11.1 Å². The van der Waals surface area contributed by atoms with Gasteiger partial charge < -0.3 is 5.11 Å². The first-order chi connectivity index (χ1) is 8.78. The normalized spacial score (nSPS) is 19.1. The molecule has 0 bridgehead atoms. The van der Waals surface area contributed by atoms with Gasteiger partial charge in [-0.3, -0.25) is 4.68 Å². The van der Waals surface area contributed by atoms with Crippen molar-refractivity contribution in [3.05, 3.63) is 53.3 Å². The largest absolute Gasteiger partial charge is 0.392 e. The van der Waals surface area contributed by atoms with E-state index in [1.807, 2.05) is 23.1 Å². The molecule has 94 valence electrons. The van der Waals surface area contributed by atoms with Crippen LogP contribution in [-0.4, -0.2) is 21.0 Å². The molecule has 2 unspecified atom stereocenters. The summed E-state index contributed by atoms with van der Waals surface area (Å²) in [6.07, 6.45) is 5.28. The summed E-state index contributed by atoms with van der Waals surface area (Å²) >= 11 is 0. The van der Waals surface area contributed by atoms with Crippen LogP contribution in [0.4, 0.5) is 0 Å². The van der Waals surface area contributed by atoms with Gasteiger partial charge in [0.1, 0.15) is 0 Å². The monoisotopic (exact) mass is 242 g/mol. The minimum Gasteiger partial charge on any atom is -0.392 e. The van der Waals surface area contributed by atoms with Gasteiger partial charge >= 0.3 is 0 Å². The second kappa shape index (κ2) is 4.58. The van der Waals surface area contributed by atoms with Crippen LogP contribution in [0, 0.1) is 0 Å². The number of fused-ring (bicyclic) bond motifs is 1. The van der Waals surface area contributed by atoms with E-state index >= 15 is 0 Å². The van der Waals surface area contributed by atoms with Crippen molar-refractivity contribution in [2.75, 3.05) is 0 Å². The number of hydrogen-bond donors (Lipinski definition) is 1. The summed E-state index contributed by atoms with van der Waals surface area (Å²) < 4.78 is 1.90. The Balaban J connectivity index is 1.68. The number of rotatable bonds is 4. The van der Waals surface area contributed by atoms with E-state index in [4.69, 9.17) is 0 Å². The molecule has 0 amide bonds. The highest BCUT2D eigenvalue weighted by Gasteiger charge is 2.31. The van der Waals surface area contributed by atoms with Crippen molar-refractivity contribution in [3.63, 3.8) is 0 Å². The van der Waals surface area contributed by atoms with Crippen molar-refractivity contribution in [1.29, 1.82) is 0 Å². The highest BCUT2D eigenvalue weighted by molar-refractivity contribution is 5.41. The maximum Gasteiger partial charge on any atom is 0.0653 e. The second-order valence-electron chi connectivity index (χ2n) is 4.99. The number of aryl methyl sites for hydroxylation is 1. The Hall–Kier alpha value is -1.61. The number of aliphatic hydroxyl groups is 1. The lowest BCUT2D eigenvalue weighted by molar-refractivity contribution is 0.133. The van der Waals surface area contributed by atoms with E-state index in [-0.39, 0.29) is 6.10 Å². The first-order valence-electron chi connectivity index (χ1n) is 6.55. The molecule has 18 heavy (non-hydrogen) atoms. The van der Waals surface area contributed by atoms with Crippen molar-refractivity contribution >= 4 is 0 Å². The number of nitrogens with zero attached hydrogens (tertiary/aromatic N) is 2. The highest BCUT2D eigenvalue weighted by Crippen LogP contribution is 2.38. The third-order valence-corrected chi connectivity index (χ3v) is 3.81. The molecule has 1 N–H and O–H groups in total. The number of benzene rings is 1. The number of aliphatic hydroxyl groups excluding tert-OH is 1. The standard InChI is InChI=1S/C15H18N2O/c1-2-17-10-11(9-16-17)7-15(18)14-8-12-5-3-4-6-13(12)14/h3-6,9-10,14-15,18H,2,7-8H2,1H3. The first-order valence-corrected chi connectivity index (χ1v) is 6.55. The molecule has 2 atom stereocenters. The smallest absolute Gasteiger partial charge is 0.0653 e. The molecule has 3 nitrogen and oxygen atoms in total. The summed E-state index contributed by atoms with van der Waals surface area (Å²) in [6.45, 7) is 2.94. The zero-order valence-corrected chi connectivity index (χ0v) is 10.6. The van der Waals surface area contributed by atoms with Gasteiger partial charge in [0.15, 0.2) is 0 Å². The zero-order valence-electron chi connectivity index (χ0n) is 10.6. The molecule has 1 aromatic heterocycles. The molecule has 2 aromatic rings. The fraction of sp³-hybridized carbons (Fsp3) is 0.400. The molecule has 0 saturated carbocycles. The molecular formula is C15H18N2O. The van der Waals surface area contributed by atoms with E-state index in [0.717, 1.165) is 18.5 Å². The topological polar surface area (TPSA) is 38.0 Å². The average Bonchev–Trinajstić information content (AvgIpc) is 2.78. The lowest BCUT2D eigenvalue weighted by Crippen LogP contribution is -2.30. The summed E-state index contributed by atoms with van der Waals surface area (Å²) in [6, 6.07) is 8.38. The molecule has 1 aliphatic rings. The van der Waals surface area contributed by atoms with Crippen LogP contribution in [0.25, 0.3) is 0 Å². The predicted molar refractivity (Wildman–Crippen MR) is 70.5 cm³/mol. The van der Waals surface area contributed by atoms with E-state index in [9.17, 15) is 5.11 Å². The van der Waals surface area contributed by atoms with Crippen LogP contribution in [0.5, 0.6) is 0 Å². The second-order valence-corrected chi connectivity index (χ2v) is 4.99. The summed E-state index contributed by atoms with van der Waals surface area (Å²) in [5.74, 6) is 0.297. The molecule has 0 fully saturated rings. The molecule has 1 heterocycles. The molecule has 0 saturated heterocycles. The van der Waals surface area contributed by atoms with Gasteiger partial charge in [0, 0.05) is 25.1 Å². The quantitative estimate of drug-likeness (QED) is 0.892. The minimum atomic E-state index is -0.297. The van der Waals surface area contributed by atoms with Crippen molar-refractivity contribution in [1.82, 2.24) is 9.78 Å². The van der Waals surface area contributed by atoms with Crippen LogP contribution >= 0.6 is 0 Å². The Bertz CT molecular complexity index is 547. The predicted octanol–water partition coefficient (Wildman–Crippen LogP) is 2.15. The summed E-state index contributed by atoms with van der Waals surface area (Å²) in [5.41, 5.74) is 3.81. The lowest BCUT2D eigenvalue weighted by Gasteiger charge is -2.33. The van der Waals surface area contributed by atoms with E-state index in [2.05, 4.69) is 30.2 Å². The first kappa shape index (κ1) is 11.5. The SMILES string of the molecule is CCn1cc(CC(O)C2Cc3ccccc32)cn1. The third kappa shape index (κ3) is 1.95. The molecule has 1 aromatic carbocycles. The number of aromatic nitrogens is 2. The summed E-state index contributed by atoms with van der Waals surface area (Å²) in [4.78, 5) is 0. The molecule has 0 spiro atoms. The maximum absolute atomic E-state index is 10.3. The Labute approximate surface area is 107 Å². The van der Waals surface area contributed by atoms with Crippen LogP contribution in [0.1, 0.15) is 29.5 Å². The van der Waals surface area contributed by atoms with Crippen LogP contribution in [0.2, 0.25) is 0 Å². The van der Waals surface area contributed by atoms with Gasteiger partial charge in [0.2, 0.25) is 0 Å². The van der Waals surface area contributed by atoms with Gasteiger partial charge in [-0.05, 0) is 30.0 Å². The van der Waals surface area contributed by atoms with Crippen LogP contribution in [0.3, 0.4) is 0 Å². The van der Waals surface area contributed by atoms with E-state index in [1.54, 1.807) is 0 Å². The Morgan fingerprint density at radius 2 is 2.28 bits per heavy atom. The minimum absolute atomic E-state index is 0.297. The lowest BCUT2D eigenvalue weighted by atomic mass is 9.73. The van der Waals surface area contributed by atoms with Crippen LogP contribution in [0.15, 0.2) is 36.7 Å². The average molecular weight is 242 g/mol. The van der Waals surface area contributed by atoms with Crippen molar-refractivity contribution in [2.24, 2.45) is 0 Å². The van der Waals surface area contributed by atoms with Gasteiger partial charge in [0.25, 0.3) is 0 Å². The fourth-order valence-electron chi connectivity index (χ4n) is 2.71. The summed E-state index contributed by atoms with van der Waals surface area (Å²) in [5, 5.41) is 14.6. The number of hydrogen-bond acceptors (Lipinski definition) is 2. The Morgan fingerprint density at radius 1 is 1.44 bits per heavy atom.